The lowest BCUT2D eigenvalue weighted by Crippen LogP contribution is -2.28. The molecule has 0 unspecified atom stereocenters. The summed E-state index contributed by atoms with van der Waals surface area (Å²) in [5.41, 5.74) is 3.16. The third kappa shape index (κ3) is 2.63. The summed E-state index contributed by atoms with van der Waals surface area (Å²) in [6.07, 6.45) is 1.64. The number of nitrogens with zero attached hydrogens (tertiary/aromatic N) is 2. The van der Waals surface area contributed by atoms with Crippen molar-refractivity contribution in [2.75, 3.05) is 5.32 Å². The van der Waals surface area contributed by atoms with E-state index in [2.05, 4.69) is 31.0 Å². The van der Waals surface area contributed by atoms with E-state index in [1.807, 2.05) is 13.8 Å². The molecule has 0 fully saturated rings. The van der Waals surface area contributed by atoms with Crippen molar-refractivity contribution >= 4 is 11.7 Å². The lowest BCUT2D eigenvalue weighted by atomic mass is 10.3. The number of aromatic nitrogens is 4. The first-order valence-electron chi connectivity index (χ1n) is 5.21. The SMILES string of the molecule is Cc1n[nH]c(C)c1NC(=O)NCc1ccn[nH]1. The van der Waals surface area contributed by atoms with Crippen LogP contribution in [-0.2, 0) is 6.54 Å². The summed E-state index contributed by atoms with van der Waals surface area (Å²) < 4.78 is 0. The van der Waals surface area contributed by atoms with Crippen LogP contribution >= 0.6 is 0 Å². The maximum Gasteiger partial charge on any atom is 0.319 e. The van der Waals surface area contributed by atoms with Crippen LogP contribution in [0.25, 0.3) is 0 Å². The molecular formula is C10H14N6O. The minimum absolute atomic E-state index is 0.271. The second-order valence-corrected chi connectivity index (χ2v) is 3.70. The molecule has 2 heterocycles. The monoisotopic (exact) mass is 234 g/mol. The van der Waals surface area contributed by atoms with Gasteiger partial charge in [0.05, 0.1) is 29.3 Å². The molecule has 90 valence electrons. The number of aryl methyl sites for hydroxylation is 2. The fourth-order valence-electron chi connectivity index (χ4n) is 1.45. The van der Waals surface area contributed by atoms with Crippen molar-refractivity contribution < 1.29 is 4.79 Å². The predicted molar refractivity (Wildman–Crippen MR) is 62.5 cm³/mol. The molecule has 0 spiro atoms. The molecule has 0 aliphatic carbocycles. The second kappa shape index (κ2) is 4.69. The zero-order chi connectivity index (χ0) is 12.3. The lowest BCUT2D eigenvalue weighted by Gasteiger charge is -2.06. The number of H-pyrrole nitrogens is 2. The van der Waals surface area contributed by atoms with E-state index in [9.17, 15) is 4.79 Å². The van der Waals surface area contributed by atoms with Crippen molar-refractivity contribution in [3.63, 3.8) is 0 Å². The Morgan fingerprint density at radius 1 is 1.41 bits per heavy atom. The summed E-state index contributed by atoms with van der Waals surface area (Å²) in [5, 5.41) is 18.8. The van der Waals surface area contributed by atoms with Gasteiger partial charge in [-0.25, -0.2) is 4.79 Å². The number of aromatic amines is 2. The Morgan fingerprint density at radius 2 is 2.24 bits per heavy atom. The van der Waals surface area contributed by atoms with E-state index in [1.165, 1.54) is 0 Å². The third-order valence-electron chi connectivity index (χ3n) is 2.36. The summed E-state index contributed by atoms with van der Waals surface area (Å²) >= 11 is 0. The van der Waals surface area contributed by atoms with Crippen LogP contribution in [0.4, 0.5) is 10.5 Å². The number of hydrogen-bond acceptors (Lipinski definition) is 3. The van der Waals surface area contributed by atoms with Gasteiger partial charge in [0.1, 0.15) is 0 Å². The van der Waals surface area contributed by atoms with E-state index in [0.717, 1.165) is 17.1 Å². The highest BCUT2D eigenvalue weighted by Crippen LogP contribution is 2.15. The number of amides is 2. The van der Waals surface area contributed by atoms with Crippen molar-refractivity contribution in [2.24, 2.45) is 0 Å². The smallest absolute Gasteiger partial charge is 0.319 e. The van der Waals surface area contributed by atoms with E-state index < -0.39 is 0 Å². The zero-order valence-corrected chi connectivity index (χ0v) is 9.66. The van der Waals surface area contributed by atoms with E-state index >= 15 is 0 Å². The molecule has 2 aromatic heterocycles. The van der Waals surface area contributed by atoms with Gasteiger partial charge in [0.2, 0.25) is 0 Å². The van der Waals surface area contributed by atoms with E-state index in [4.69, 9.17) is 0 Å². The van der Waals surface area contributed by atoms with Crippen LogP contribution in [0, 0.1) is 13.8 Å². The zero-order valence-electron chi connectivity index (χ0n) is 9.66. The van der Waals surface area contributed by atoms with Crippen LogP contribution in [0.2, 0.25) is 0 Å². The van der Waals surface area contributed by atoms with Gasteiger partial charge in [0.25, 0.3) is 0 Å². The Kier molecular flexibility index (Phi) is 3.08. The molecule has 2 amide bonds. The Bertz CT molecular complexity index is 481. The number of hydrogen-bond donors (Lipinski definition) is 4. The Balaban J connectivity index is 1.89. The normalized spacial score (nSPS) is 10.2. The Hall–Kier alpha value is -2.31. The number of urea groups is 1. The summed E-state index contributed by atoms with van der Waals surface area (Å²) in [4.78, 5) is 11.6. The topological polar surface area (TPSA) is 98.5 Å². The summed E-state index contributed by atoms with van der Waals surface area (Å²) in [6, 6.07) is 1.53. The molecule has 0 saturated heterocycles. The summed E-state index contributed by atoms with van der Waals surface area (Å²) in [6.45, 7) is 4.08. The fourth-order valence-corrected chi connectivity index (χ4v) is 1.45. The van der Waals surface area contributed by atoms with Crippen molar-refractivity contribution in [3.05, 3.63) is 29.3 Å². The van der Waals surface area contributed by atoms with Crippen molar-refractivity contribution in [2.45, 2.75) is 20.4 Å². The fraction of sp³-hybridized carbons (Fsp3) is 0.300. The molecule has 0 aliphatic heterocycles. The van der Waals surface area contributed by atoms with Gasteiger partial charge in [-0.1, -0.05) is 0 Å². The molecule has 2 rings (SSSR count). The van der Waals surface area contributed by atoms with Crippen LogP contribution in [0.1, 0.15) is 17.1 Å². The molecule has 0 bridgehead atoms. The van der Waals surface area contributed by atoms with Crippen LogP contribution in [0.3, 0.4) is 0 Å². The first-order chi connectivity index (χ1) is 8.16. The predicted octanol–water partition coefficient (Wildman–Crippen LogP) is 1.07. The Labute approximate surface area is 98.0 Å². The van der Waals surface area contributed by atoms with Crippen LogP contribution < -0.4 is 10.6 Å². The molecule has 4 N–H and O–H groups in total. The molecular weight excluding hydrogens is 220 g/mol. The number of rotatable bonds is 3. The third-order valence-corrected chi connectivity index (χ3v) is 2.36. The number of nitrogens with one attached hydrogen (secondary N) is 4. The quantitative estimate of drug-likeness (QED) is 0.639. The molecule has 2 aromatic rings. The number of anilines is 1. The molecule has 0 saturated carbocycles. The van der Waals surface area contributed by atoms with Gasteiger partial charge in [-0.3, -0.25) is 10.2 Å². The van der Waals surface area contributed by atoms with Crippen LogP contribution in [-0.4, -0.2) is 26.4 Å². The minimum Gasteiger partial charge on any atom is -0.332 e. The van der Waals surface area contributed by atoms with Gasteiger partial charge in [-0.15, -0.1) is 0 Å². The van der Waals surface area contributed by atoms with Crippen molar-refractivity contribution in [1.82, 2.24) is 25.7 Å². The Morgan fingerprint density at radius 3 is 2.82 bits per heavy atom. The maximum absolute atomic E-state index is 11.6. The largest absolute Gasteiger partial charge is 0.332 e. The van der Waals surface area contributed by atoms with Gasteiger partial charge in [0.15, 0.2) is 0 Å². The first-order valence-corrected chi connectivity index (χ1v) is 5.21. The van der Waals surface area contributed by atoms with Crippen LogP contribution in [0.15, 0.2) is 12.3 Å². The van der Waals surface area contributed by atoms with Gasteiger partial charge in [-0.05, 0) is 19.9 Å². The molecule has 17 heavy (non-hydrogen) atoms. The average molecular weight is 234 g/mol. The highest BCUT2D eigenvalue weighted by molar-refractivity contribution is 5.90. The molecule has 0 aliphatic rings. The van der Waals surface area contributed by atoms with E-state index in [0.29, 0.717) is 12.2 Å². The highest BCUT2D eigenvalue weighted by atomic mass is 16.2. The van der Waals surface area contributed by atoms with Crippen LogP contribution in [0.5, 0.6) is 0 Å². The molecule has 7 heteroatoms. The van der Waals surface area contributed by atoms with Crippen molar-refractivity contribution in [1.29, 1.82) is 0 Å². The van der Waals surface area contributed by atoms with Gasteiger partial charge in [0, 0.05) is 6.20 Å². The first kappa shape index (κ1) is 11.2. The van der Waals surface area contributed by atoms with Gasteiger partial charge in [-0.2, -0.15) is 10.2 Å². The number of carbonyl (C=O) groups is 1. The van der Waals surface area contributed by atoms with Gasteiger partial charge < -0.3 is 10.6 Å². The molecule has 0 atom stereocenters. The molecule has 7 nitrogen and oxygen atoms in total. The minimum atomic E-state index is -0.271. The van der Waals surface area contributed by atoms with E-state index in [-0.39, 0.29) is 6.03 Å². The summed E-state index contributed by atoms with van der Waals surface area (Å²) in [7, 11) is 0. The number of carbonyl (C=O) groups excluding carboxylic acids is 1. The molecule has 0 aromatic carbocycles. The van der Waals surface area contributed by atoms with Gasteiger partial charge >= 0.3 is 6.03 Å². The molecule has 0 radical (unpaired) electrons. The second-order valence-electron chi connectivity index (χ2n) is 3.70. The summed E-state index contributed by atoms with van der Waals surface area (Å²) in [5.74, 6) is 0. The van der Waals surface area contributed by atoms with Crippen molar-refractivity contribution in [3.8, 4) is 0 Å². The standard InChI is InChI=1S/C10H14N6O/c1-6-9(7(2)15-14-6)13-10(17)11-5-8-3-4-12-16-8/h3-4H,5H2,1-2H3,(H,12,16)(H,14,15)(H2,11,13,17). The lowest BCUT2D eigenvalue weighted by molar-refractivity contribution is 0.251. The average Bonchev–Trinajstić information content (AvgIpc) is 2.91. The van der Waals surface area contributed by atoms with E-state index in [1.54, 1.807) is 12.3 Å². The highest BCUT2D eigenvalue weighted by Gasteiger charge is 2.09. The maximum atomic E-state index is 11.6.